The van der Waals surface area contributed by atoms with E-state index < -0.39 is 0 Å². The van der Waals surface area contributed by atoms with Gasteiger partial charge >= 0.3 is 0 Å². The van der Waals surface area contributed by atoms with E-state index in [4.69, 9.17) is 16.3 Å². The fourth-order valence-corrected chi connectivity index (χ4v) is 1.44. The van der Waals surface area contributed by atoms with Gasteiger partial charge in [0.2, 0.25) is 0 Å². The average Bonchev–Trinajstić information content (AvgIpc) is 2.29. The molecule has 1 aromatic carbocycles. The van der Waals surface area contributed by atoms with Gasteiger partial charge in [0.25, 0.3) is 0 Å². The summed E-state index contributed by atoms with van der Waals surface area (Å²) < 4.78 is 5.57. The molecule has 3 heteroatoms. The lowest BCUT2D eigenvalue weighted by molar-refractivity contribution is 0.308. The highest BCUT2D eigenvalue weighted by Gasteiger charge is 1.95. The molecule has 0 amide bonds. The van der Waals surface area contributed by atoms with Crippen molar-refractivity contribution in [1.82, 2.24) is 5.32 Å². The van der Waals surface area contributed by atoms with Gasteiger partial charge in [-0.25, -0.2) is 0 Å². The van der Waals surface area contributed by atoms with Crippen LogP contribution in [0.3, 0.4) is 0 Å². The number of ether oxygens (including phenoxy) is 1. The van der Waals surface area contributed by atoms with Gasteiger partial charge in [0.15, 0.2) is 0 Å². The third-order valence-corrected chi connectivity index (χ3v) is 2.45. The molecule has 0 bridgehead atoms. The van der Waals surface area contributed by atoms with Crippen molar-refractivity contribution in [2.75, 3.05) is 19.7 Å². The van der Waals surface area contributed by atoms with Crippen LogP contribution in [0.25, 0.3) is 0 Å². The van der Waals surface area contributed by atoms with E-state index in [9.17, 15) is 0 Å². The smallest absolute Gasteiger partial charge is 0.119 e. The van der Waals surface area contributed by atoms with E-state index in [0.29, 0.717) is 0 Å². The molecular formula is C13H20ClNO. The lowest BCUT2D eigenvalue weighted by Gasteiger charge is -2.07. The van der Waals surface area contributed by atoms with E-state index in [0.717, 1.165) is 38.3 Å². The summed E-state index contributed by atoms with van der Waals surface area (Å²) in [7, 11) is 0. The van der Waals surface area contributed by atoms with Crippen molar-refractivity contribution in [3.63, 3.8) is 0 Å². The lowest BCUT2D eigenvalue weighted by Crippen LogP contribution is -2.20. The Balaban J connectivity index is 1.93. The molecule has 0 saturated heterocycles. The molecule has 0 aliphatic heterocycles. The van der Waals surface area contributed by atoms with Crippen LogP contribution in [0, 0.1) is 0 Å². The SMILES string of the molecule is CC(Cl)CCNCCCOc1ccccc1. The summed E-state index contributed by atoms with van der Waals surface area (Å²) in [6, 6.07) is 9.90. The third-order valence-electron chi connectivity index (χ3n) is 2.23. The fraction of sp³-hybridized carbons (Fsp3) is 0.538. The van der Waals surface area contributed by atoms with Gasteiger partial charge in [0.1, 0.15) is 5.75 Å². The van der Waals surface area contributed by atoms with Crippen molar-refractivity contribution in [3.05, 3.63) is 30.3 Å². The molecular weight excluding hydrogens is 222 g/mol. The zero-order chi connectivity index (χ0) is 11.6. The van der Waals surface area contributed by atoms with Crippen molar-refractivity contribution >= 4 is 11.6 Å². The van der Waals surface area contributed by atoms with Crippen molar-refractivity contribution in [1.29, 1.82) is 0 Å². The zero-order valence-electron chi connectivity index (χ0n) is 9.79. The van der Waals surface area contributed by atoms with Crippen molar-refractivity contribution in [2.24, 2.45) is 0 Å². The summed E-state index contributed by atoms with van der Waals surface area (Å²) in [5.41, 5.74) is 0. The molecule has 0 saturated carbocycles. The first kappa shape index (κ1) is 13.3. The number of hydrogen-bond donors (Lipinski definition) is 1. The second kappa shape index (κ2) is 8.43. The Labute approximate surface area is 103 Å². The van der Waals surface area contributed by atoms with Crippen LogP contribution in [0.2, 0.25) is 0 Å². The predicted octanol–water partition coefficient (Wildman–Crippen LogP) is 3.06. The van der Waals surface area contributed by atoms with E-state index in [1.165, 1.54) is 0 Å². The Morgan fingerprint density at radius 3 is 2.69 bits per heavy atom. The zero-order valence-corrected chi connectivity index (χ0v) is 10.5. The highest BCUT2D eigenvalue weighted by molar-refractivity contribution is 6.20. The third kappa shape index (κ3) is 6.70. The van der Waals surface area contributed by atoms with E-state index in [-0.39, 0.29) is 5.38 Å². The average molecular weight is 242 g/mol. The molecule has 0 aromatic heterocycles. The number of nitrogens with one attached hydrogen (secondary N) is 1. The summed E-state index contributed by atoms with van der Waals surface area (Å²) in [6.07, 6.45) is 2.03. The number of rotatable bonds is 8. The molecule has 0 spiro atoms. The van der Waals surface area contributed by atoms with Gasteiger partial charge in [-0.1, -0.05) is 18.2 Å². The predicted molar refractivity (Wildman–Crippen MR) is 69.4 cm³/mol. The topological polar surface area (TPSA) is 21.3 Å². The molecule has 0 fully saturated rings. The monoisotopic (exact) mass is 241 g/mol. The number of halogens is 1. The van der Waals surface area contributed by atoms with Crippen LogP contribution < -0.4 is 10.1 Å². The molecule has 2 nitrogen and oxygen atoms in total. The summed E-state index contributed by atoms with van der Waals surface area (Å²) in [5.74, 6) is 0.942. The van der Waals surface area contributed by atoms with Gasteiger partial charge in [-0.2, -0.15) is 0 Å². The van der Waals surface area contributed by atoms with Crippen LogP contribution in [0.4, 0.5) is 0 Å². The van der Waals surface area contributed by atoms with Gasteiger partial charge in [0, 0.05) is 5.38 Å². The summed E-state index contributed by atoms with van der Waals surface area (Å²) in [6.45, 7) is 4.74. The number of benzene rings is 1. The van der Waals surface area contributed by atoms with Crippen LogP contribution in [-0.4, -0.2) is 25.1 Å². The van der Waals surface area contributed by atoms with Crippen LogP contribution >= 0.6 is 11.6 Å². The van der Waals surface area contributed by atoms with Gasteiger partial charge in [-0.3, -0.25) is 0 Å². The Kier molecular flexibility index (Phi) is 7.02. The fourth-order valence-electron chi connectivity index (χ4n) is 1.33. The van der Waals surface area contributed by atoms with Crippen LogP contribution in [0.5, 0.6) is 5.75 Å². The number of para-hydroxylation sites is 1. The van der Waals surface area contributed by atoms with Crippen LogP contribution in [-0.2, 0) is 0 Å². The highest BCUT2D eigenvalue weighted by atomic mass is 35.5. The first-order valence-corrected chi connectivity index (χ1v) is 6.25. The summed E-state index contributed by atoms with van der Waals surface area (Å²) in [5, 5.41) is 3.60. The van der Waals surface area contributed by atoms with Gasteiger partial charge < -0.3 is 10.1 Å². The normalized spacial score (nSPS) is 12.4. The molecule has 90 valence electrons. The Morgan fingerprint density at radius 1 is 1.25 bits per heavy atom. The van der Waals surface area contributed by atoms with Crippen molar-refractivity contribution < 1.29 is 4.74 Å². The molecule has 1 atom stereocenters. The molecule has 16 heavy (non-hydrogen) atoms. The maximum atomic E-state index is 5.83. The molecule has 0 radical (unpaired) electrons. The van der Waals surface area contributed by atoms with Crippen LogP contribution in [0.1, 0.15) is 19.8 Å². The second-order valence-corrected chi connectivity index (χ2v) is 4.58. The minimum Gasteiger partial charge on any atom is -0.494 e. The van der Waals surface area contributed by atoms with E-state index >= 15 is 0 Å². The Hall–Kier alpha value is -0.730. The standard InChI is InChI=1S/C13H20ClNO/c1-12(14)8-10-15-9-5-11-16-13-6-3-2-4-7-13/h2-4,6-7,12,15H,5,8-11H2,1H3. The molecule has 0 aliphatic rings. The minimum atomic E-state index is 0.257. The number of hydrogen-bond acceptors (Lipinski definition) is 2. The Bertz CT molecular complexity index is 264. The maximum absolute atomic E-state index is 5.83. The molecule has 1 N–H and O–H groups in total. The molecule has 0 heterocycles. The molecule has 1 aromatic rings. The lowest BCUT2D eigenvalue weighted by atomic mass is 10.3. The maximum Gasteiger partial charge on any atom is 0.119 e. The van der Waals surface area contributed by atoms with Crippen molar-refractivity contribution in [2.45, 2.75) is 25.1 Å². The van der Waals surface area contributed by atoms with E-state index in [1.54, 1.807) is 0 Å². The first-order valence-electron chi connectivity index (χ1n) is 5.81. The summed E-state index contributed by atoms with van der Waals surface area (Å²) >= 11 is 5.83. The van der Waals surface area contributed by atoms with Gasteiger partial charge in [-0.05, 0) is 45.0 Å². The molecule has 1 rings (SSSR count). The van der Waals surface area contributed by atoms with Crippen molar-refractivity contribution in [3.8, 4) is 5.75 Å². The molecule has 1 unspecified atom stereocenters. The van der Waals surface area contributed by atoms with Gasteiger partial charge in [0.05, 0.1) is 6.61 Å². The van der Waals surface area contributed by atoms with E-state index in [1.807, 2.05) is 37.3 Å². The Morgan fingerprint density at radius 2 is 2.00 bits per heavy atom. The first-order chi connectivity index (χ1) is 7.79. The summed E-state index contributed by atoms with van der Waals surface area (Å²) in [4.78, 5) is 0. The van der Waals surface area contributed by atoms with Crippen LogP contribution in [0.15, 0.2) is 30.3 Å². The largest absolute Gasteiger partial charge is 0.494 e. The second-order valence-electron chi connectivity index (χ2n) is 3.83. The quantitative estimate of drug-likeness (QED) is 0.558. The highest BCUT2D eigenvalue weighted by Crippen LogP contribution is 2.07. The number of alkyl halides is 1. The van der Waals surface area contributed by atoms with Gasteiger partial charge in [-0.15, -0.1) is 11.6 Å². The van der Waals surface area contributed by atoms with E-state index in [2.05, 4.69) is 5.32 Å². The molecule has 0 aliphatic carbocycles. The minimum absolute atomic E-state index is 0.257.